The first-order valence-corrected chi connectivity index (χ1v) is 6.96. The molecule has 0 amide bonds. The highest BCUT2D eigenvalue weighted by Gasteiger charge is 2.16. The molecule has 0 aliphatic carbocycles. The average Bonchev–Trinajstić information content (AvgIpc) is 2.89. The highest BCUT2D eigenvalue weighted by atomic mass is 32.2. The van der Waals surface area contributed by atoms with Crippen LogP contribution in [-0.4, -0.2) is 25.8 Å². The fourth-order valence-electron chi connectivity index (χ4n) is 1.28. The number of hydrogen-bond acceptors (Lipinski definition) is 5. The maximum atomic E-state index is 11.2. The molecule has 0 N–H and O–H groups in total. The summed E-state index contributed by atoms with van der Waals surface area (Å²) in [6.07, 6.45) is 0. The van der Waals surface area contributed by atoms with E-state index in [1.807, 2.05) is 36.1 Å². The van der Waals surface area contributed by atoms with Crippen LogP contribution in [0.4, 0.5) is 0 Å². The van der Waals surface area contributed by atoms with E-state index < -0.39 is 0 Å². The van der Waals surface area contributed by atoms with E-state index >= 15 is 0 Å². The van der Waals surface area contributed by atoms with Crippen molar-refractivity contribution < 1.29 is 4.79 Å². The van der Waals surface area contributed by atoms with Crippen molar-refractivity contribution in [3.05, 3.63) is 17.5 Å². The number of nitrogens with zero attached hydrogens (tertiary/aromatic N) is 3. The minimum absolute atomic E-state index is 0.0888. The van der Waals surface area contributed by atoms with Crippen LogP contribution in [-0.2, 0) is 11.8 Å². The van der Waals surface area contributed by atoms with Crippen molar-refractivity contribution in [2.75, 3.05) is 0 Å². The molecule has 2 aromatic rings. The third-order valence-electron chi connectivity index (χ3n) is 2.43. The van der Waals surface area contributed by atoms with Gasteiger partial charge in [0.1, 0.15) is 5.78 Å². The van der Waals surface area contributed by atoms with E-state index in [-0.39, 0.29) is 11.0 Å². The first kappa shape index (κ1) is 12.3. The van der Waals surface area contributed by atoms with Crippen LogP contribution in [0.25, 0.3) is 10.7 Å². The van der Waals surface area contributed by atoms with Gasteiger partial charge in [-0.05, 0) is 25.3 Å². The lowest BCUT2D eigenvalue weighted by atomic mass is 10.3. The zero-order chi connectivity index (χ0) is 12.4. The summed E-state index contributed by atoms with van der Waals surface area (Å²) >= 11 is 3.07. The smallest absolute Gasteiger partial charge is 0.191 e. The van der Waals surface area contributed by atoms with Crippen molar-refractivity contribution >= 4 is 28.9 Å². The summed E-state index contributed by atoms with van der Waals surface area (Å²) in [7, 11) is 1.92. The molecule has 0 aliphatic rings. The minimum Gasteiger partial charge on any atom is -0.304 e. The molecular formula is C11H13N3OS2. The molecule has 0 aliphatic heterocycles. The van der Waals surface area contributed by atoms with E-state index in [1.165, 1.54) is 11.8 Å². The fourth-order valence-corrected chi connectivity index (χ4v) is 2.84. The molecule has 2 rings (SSSR count). The molecule has 1 atom stereocenters. The Morgan fingerprint density at radius 2 is 2.29 bits per heavy atom. The van der Waals surface area contributed by atoms with Crippen molar-refractivity contribution in [2.24, 2.45) is 7.05 Å². The summed E-state index contributed by atoms with van der Waals surface area (Å²) in [6, 6.07) is 4.00. The predicted molar refractivity (Wildman–Crippen MR) is 70.3 cm³/mol. The second kappa shape index (κ2) is 5.01. The molecule has 0 saturated carbocycles. The average molecular weight is 267 g/mol. The molecule has 17 heavy (non-hydrogen) atoms. The number of rotatable bonds is 4. The topological polar surface area (TPSA) is 47.8 Å². The van der Waals surface area contributed by atoms with Crippen LogP contribution in [0.2, 0.25) is 0 Å². The van der Waals surface area contributed by atoms with Crippen LogP contribution in [0.1, 0.15) is 13.8 Å². The largest absolute Gasteiger partial charge is 0.304 e. The van der Waals surface area contributed by atoms with Gasteiger partial charge in [0.25, 0.3) is 0 Å². The van der Waals surface area contributed by atoms with Gasteiger partial charge in [-0.1, -0.05) is 17.8 Å². The van der Waals surface area contributed by atoms with Gasteiger partial charge in [-0.3, -0.25) is 4.79 Å². The molecule has 0 bridgehead atoms. The summed E-state index contributed by atoms with van der Waals surface area (Å²) < 4.78 is 1.93. The van der Waals surface area contributed by atoms with Crippen molar-refractivity contribution in [1.82, 2.24) is 14.8 Å². The van der Waals surface area contributed by atoms with Crippen molar-refractivity contribution in [2.45, 2.75) is 24.3 Å². The first-order chi connectivity index (χ1) is 8.09. The Morgan fingerprint density at radius 1 is 1.53 bits per heavy atom. The lowest BCUT2D eigenvalue weighted by Gasteiger charge is -2.06. The summed E-state index contributed by atoms with van der Waals surface area (Å²) in [4.78, 5) is 12.3. The van der Waals surface area contributed by atoms with Crippen LogP contribution < -0.4 is 0 Å². The molecule has 0 fully saturated rings. The zero-order valence-corrected chi connectivity index (χ0v) is 11.5. The molecule has 90 valence electrons. The molecule has 0 saturated heterocycles. The monoisotopic (exact) mass is 267 g/mol. The molecule has 0 radical (unpaired) electrons. The Labute approximate surface area is 108 Å². The molecule has 4 nitrogen and oxygen atoms in total. The number of carbonyl (C=O) groups is 1. The Hall–Kier alpha value is -1.14. The lowest BCUT2D eigenvalue weighted by molar-refractivity contribution is -0.116. The van der Waals surface area contributed by atoms with Gasteiger partial charge in [-0.25, -0.2) is 0 Å². The Morgan fingerprint density at radius 3 is 2.88 bits per heavy atom. The number of aromatic nitrogens is 3. The van der Waals surface area contributed by atoms with Gasteiger partial charge in [0.15, 0.2) is 11.0 Å². The minimum atomic E-state index is -0.0888. The van der Waals surface area contributed by atoms with Crippen LogP contribution in [0.3, 0.4) is 0 Å². The first-order valence-electron chi connectivity index (χ1n) is 5.20. The van der Waals surface area contributed by atoms with E-state index in [0.29, 0.717) is 0 Å². The molecule has 1 unspecified atom stereocenters. The summed E-state index contributed by atoms with van der Waals surface area (Å²) in [6.45, 7) is 3.47. The van der Waals surface area contributed by atoms with Gasteiger partial charge >= 0.3 is 0 Å². The van der Waals surface area contributed by atoms with Gasteiger partial charge in [0.05, 0.1) is 10.1 Å². The third kappa shape index (κ3) is 2.58. The standard InChI is InChI=1S/C11H13N3OS2/c1-7(15)8(2)17-11-13-12-10(14(11)3)9-5-4-6-16-9/h4-6,8H,1-3H3. The predicted octanol–water partition coefficient (Wildman–Crippen LogP) is 2.61. The van der Waals surface area contributed by atoms with Crippen molar-refractivity contribution in [1.29, 1.82) is 0 Å². The second-order valence-corrected chi connectivity index (χ2v) is 5.97. The summed E-state index contributed by atoms with van der Waals surface area (Å²) in [5.41, 5.74) is 0. The zero-order valence-electron chi connectivity index (χ0n) is 9.88. The fraction of sp³-hybridized carbons (Fsp3) is 0.364. The van der Waals surface area contributed by atoms with Gasteiger partial charge in [-0.2, -0.15) is 0 Å². The maximum Gasteiger partial charge on any atom is 0.191 e. The Kier molecular flexibility index (Phi) is 3.63. The van der Waals surface area contributed by atoms with E-state index in [9.17, 15) is 4.79 Å². The highest BCUT2D eigenvalue weighted by molar-refractivity contribution is 8.00. The number of carbonyl (C=O) groups excluding carboxylic acids is 1. The molecule has 2 aromatic heterocycles. The molecule has 2 heterocycles. The van der Waals surface area contributed by atoms with E-state index in [0.717, 1.165) is 15.9 Å². The quantitative estimate of drug-likeness (QED) is 0.799. The normalized spacial score (nSPS) is 12.6. The van der Waals surface area contributed by atoms with Gasteiger partial charge in [-0.15, -0.1) is 21.5 Å². The number of ketones is 1. The number of thiophene rings is 1. The van der Waals surface area contributed by atoms with Gasteiger partial charge < -0.3 is 4.57 Å². The number of hydrogen-bond donors (Lipinski definition) is 0. The molecule has 0 aromatic carbocycles. The van der Waals surface area contributed by atoms with Crippen molar-refractivity contribution in [3.8, 4) is 10.7 Å². The highest BCUT2D eigenvalue weighted by Crippen LogP contribution is 2.27. The SMILES string of the molecule is CC(=O)C(C)Sc1nnc(-c2cccs2)n1C. The van der Waals surface area contributed by atoms with Crippen LogP contribution >= 0.6 is 23.1 Å². The van der Waals surface area contributed by atoms with Crippen LogP contribution in [0, 0.1) is 0 Å². The lowest BCUT2D eigenvalue weighted by Crippen LogP contribution is -2.09. The summed E-state index contributed by atoms with van der Waals surface area (Å²) in [5.74, 6) is 0.994. The van der Waals surface area contributed by atoms with E-state index in [2.05, 4.69) is 10.2 Å². The molecule has 6 heteroatoms. The number of Topliss-reactive ketones (excluding diaryl/α,β-unsaturated/α-hetero) is 1. The van der Waals surface area contributed by atoms with Gasteiger partial charge in [0.2, 0.25) is 0 Å². The Balaban J connectivity index is 2.24. The maximum absolute atomic E-state index is 11.2. The van der Waals surface area contributed by atoms with Crippen molar-refractivity contribution in [3.63, 3.8) is 0 Å². The third-order valence-corrected chi connectivity index (χ3v) is 4.55. The Bertz CT molecular complexity index is 519. The molecular weight excluding hydrogens is 254 g/mol. The second-order valence-electron chi connectivity index (χ2n) is 3.71. The molecule has 0 spiro atoms. The summed E-state index contributed by atoms with van der Waals surface area (Å²) in [5, 5.41) is 11.0. The van der Waals surface area contributed by atoms with Crippen LogP contribution in [0.15, 0.2) is 22.7 Å². The van der Waals surface area contributed by atoms with Gasteiger partial charge in [0, 0.05) is 7.05 Å². The number of thioether (sulfide) groups is 1. The van der Waals surface area contributed by atoms with E-state index in [1.54, 1.807) is 18.3 Å². The van der Waals surface area contributed by atoms with E-state index in [4.69, 9.17) is 0 Å². The van der Waals surface area contributed by atoms with Crippen LogP contribution in [0.5, 0.6) is 0 Å².